The molecular weight excluding hydrogens is 410 g/mol. The van der Waals surface area contributed by atoms with Gasteiger partial charge in [0, 0.05) is 12.3 Å². The summed E-state index contributed by atoms with van der Waals surface area (Å²) in [7, 11) is 0. The highest BCUT2D eigenvalue weighted by atomic mass is 32.2. The molecule has 1 N–H and O–H groups in total. The number of carbonyl (C=O) groups excluding carboxylic acids is 1. The lowest BCUT2D eigenvalue weighted by Gasteiger charge is -2.15. The molecule has 4 rings (SSSR count). The van der Waals surface area contributed by atoms with Crippen molar-refractivity contribution in [2.75, 3.05) is 17.7 Å². The number of imidazole rings is 1. The summed E-state index contributed by atoms with van der Waals surface area (Å²) in [5.41, 5.74) is 2.76. The maximum Gasteiger partial charge on any atom is 0.234 e. The lowest BCUT2D eigenvalue weighted by atomic mass is 10.2. The van der Waals surface area contributed by atoms with Crippen LogP contribution in [0.2, 0.25) is 0 Å². The Labute approximate surface area is 187 Å². The summed E-state index contributed by atoms with van der Waals surface area (Å²) in [6.45, 7) is 5.68. The van der Waals surface area contributed by atoms with Gasteiger partial charge >= 0.3 is 0 Å². The first kappa shape index (κ1) is 21.5. The number of thioether (sulfide) groups is 1. The summed E-state index contributed by atoms with van der Waals surface area (Å²) in [6, 6.07) is 17.0. The second kappa shape index (κ2) is 10.0. The fraction of sp³-hybridized carbons (Fsp3) is 0.333. The number of aryl methyl sites for hydroxylation is 1. The third kappa shape index (κ3) is 5.48. The van der Waals surface area contributed by atoms with Crippen molar-refractivity contribution < 1.29 is 14.3 Å². The molecule has 1 aliphatic rings. The molecule has 2 heterocycles. The van der Waals surface area contributed by atoms with Crippen LogP contribution in [0.15, 0.2) is 59.8 Å². The third-order valence-corrected chi connectivity index (χ3v) is 6.27. The number of benzene rings is 2. The quantitative estimate of drug-likeness (QED) is 0.491. The number of anilines is 1. The standard InChI is InChI=1S/C24H27N3O3S/c1-17-18(2)27(15-20-11-8-14-29-20)24(25-17)31-16-23(28)26-21-12-6-7-13-22(21)30-19-9-4-3-5-10-19/h3-7,9-10,12-13,20H,8,11,14-16H2,1-2H3,(H,26,28). The predicted molar refractivity (Wildman–Crippen MR) is 123 cm³/mol. The Balaban J connectivity index is 1.40. The normalized spacial score (nSPS) is 15.7. The number of hydrogen-bond acceptors (Lipinski definition) is 5. The van der Waals surface area contributed by atoms with Crippen molar-refractivity contribution in [3.8, 4) is 11.5 Å². The first-order valence-electron chi connectivity index (χ1n) is 10.5. The Morgan fingerprint density at radius 2 is 1.97 bits per heavy atom. The van der Waals surface area contributed by atoms with Gasteiger partial charge in [0.2, 0.25) is 5.91 Å². The van der Waals surface area contributed by atoms with E-state index in [-0.39, 0.29) is 17.8 Å². The molecule has 31 heavy (non-hydrogen) atoms. The van der Waals surface area contributed by atoms with E-state index < -0.39 is 0 Å². The molecule has 0 radical (unpaired) electrons. The molecule has 1 fully saturated rings. The van der Waals surface area contributed by atoms with Gasteiger partial charge in [0.15, 0.2) is 10.9 Å². The van der Waals surface area contributed by atoms with E-state index in [1.54, 1.807) is 0 Å². The highest BCUT2D eigenvalue weighted by Gasteiger charge is 2.21. The summed E-state index contributed by atoms with van der Waals surface area (Å²) in [5.74, 6) is 1.50. The van der Waals surface area contributed by atoms with Crippen LogP contribution in [0.4, 0.5) is 5.69 Å². The number of para-hydroxylation sites is 3. The van der Waals surface area contributed by atoms with Gasteiger partial charge in [-0.3, -0.25) is 4.79 Å². The van der Waals surface area contributed by atoms with E-state index in [4.69, 9.17) is 9.47 Å². The van der Waals surface area contributed by atoms with Crippen LogP contribution in [-0.4, -0.2) is 33.9 Å². The molecule has 0 aliphatic carbocycles. The van der Waals surface area contributed by atoms with Crippen LogP contribution in [0.3, 0.4) is 0 Å². The summed E-state index contributed by atoms with van der Waals surface area (Å²) in [6.07, 6.45) is 2.40. The first-order chi connectivity index (χ1) is 15.1. The van der Waals surface area contributed by atoms with Crippen LogP contribution in [-0.2, 0) is 16.1 Å². The van der Waals surface area contributed by atoms with Gasteiger partial charge in [0.1, 0.15) is 5.75 Å². The molecule has 0 saturated carbocycles. The van der Waals surface area contributed by atoms with Crippen molar-refractivity contribution in [3.63, 3.8) is 0 Å². The fourth-order valence-electron chi connectivity index (χ4n) is 3.53. The summed E-state index contributed by atoms with van der Waals surface area (Å²) in [4.78, 5) is 17.4. The van der Waals surface area contributed by atoms with Crippen molar-refractivity contribution in [3.05, 3.63) is 66.0 Å². The van der Waals surface area contributed by atoms with Gasteiger partial charge in [-0.05, 0) is 51.0 Å². The Morgan fingerprint density at radius 1 is 1.19 bits per heavy atom. The van der Waals surface area contributed by atoms with E-state index in [0.717, 1.165) is 48.3 Å². The summed E-state index contributed by atoms with van der Waals surface area (Å²) in [5, 5.41) is 3.82. The van der Waals surface area contributed by atoms with Crippen molar-refractivity contribution >= 4 is 23.4 Å². The van der Waals surface area contributed by atoms with E-state index in [9.17, 15) is 4.79 Å². The molecule has 1 unspecified atom stereocenters. The molecule has 1 aliphatic heterocycles. The van der Waals surface area contributed by atoms with Crippen LogP contribution in [0, 0.1) is 13.8 Å². The van der Waals surface area contributed by atoms with E-state index in [2.05, 4.69) is 21.8 Å². The van der Waals surface area contributed by atoms with E-state index >= 15 is 0 Å². The maximum atomic E-state index is 12.7. The number of carbonyl (C=O) groups is 1. The minimum Gasteiger partial charge on any atom is -0.455 e. The van der Waals surface area contributed by atoms with Crippen molar-refractivity contribution in [2.45, 2.75) is 44.5 Å². The molecular formula is C24H27N3O3S. The Kier molecular flexibility index (Phi) is 6.94. The van der Waals surface area contributed by atoms with Crippen LogP contribution in [0.1, 0.15) is 24.2 Å². The van der Waals surface area contributed by atoms with Gasteiger partial charge in [0.05, 0.1) is 29.8 Å². The van der Waals surface area contributed by atoms with Gasteiger partial charge in [-0.25, -0.2) is 4.98 Å². The summed E-state index contributed by atoms with van der Waals surface area (Å²) < 4.78 is 13.9. The monoisotopic (exact) mass is 437 g/mol. The zero-order valence-corrected chi connectivity index (χ0v) is 18.7. The number of aromatic nitrogens is 2. The Bertz CT molecular complexity index is 1030. The molecule has 1 atom stereocenters. The topological polar surface area (TPSA) is 65.4 Å². The predicted octanol–water partition coefficient (Wildman–Crippen LogP) is 5.20. The molecule has 162 valence electrons. The second-order valence-electron chi connectivity index (χ2n) is 7.56. The number of nitrogens with one attached hydrogen (secondary N) is 1. The first-order valence-corrected chi connectivity index (χ1v) is 11.5. The number of hydrogen-bond donors (Lipinski definition) is 1. The zero-order valence-electron chi connectivity index (χ0n) is 17.8. The van der Waals surface area contributed by atoms with Crippen molar-refractivity contribution in [2.24, 2.45) is 0 Å². The maximum absolute atomic E-state index is 12.7. The van der Waals surface area contributed by atoms with Gasteiger partial charge < -0.3 is 19.4 Å². The Morgan fingerprint density at radius 3 is 2.74 bits per heavy atom. The average Bonchev–Trinajstić information content (AvgIpc) is 3.38. The van der Waals surface area contributed by atoms with E-state index in [1.165, 1.54) is 11.8 Å². The highest BCUT2D eigenvalue weighted by Crippen LogP contribution is 2.30. The molecule has 1 saturated heterocycles. The minimum atomic E-state index is -0.101. The highest BCUT2D eigenvalue weighted by molar-refractivity contribution is 7.99. The van der Waals surface area contributed by atoms with Gasteiger partial charge in [-0.15, -0.1) is 0 Å². The lowest BCUT2D eigenvalue weighted by molar-refractivity contribution is -0.113. The molecule has 0 spiro atoms. The molecule has 7 heteroatoms. The smallest absolute Gasteiger partial charge is 0.234 e. The minimum absolute atomic E-state index is 0.101. The van der Waals surface area contributed by atoms with E-state index in [0.29, 0.717) is 11.4 Å². The molecule has 0 bridgehead atoms. The van der Waals surface area contributed by atoms with Crippen molar-refractivity contribution in [1.82, 2.24) is 9.55 Å². The van der Waals surface area contributed by atoms with Gasteiger partial charge in [0.25, 0.3) is 0 Å². The van der Waals surface area contributed by atoms with Gasteiger partial charge in [-0.2, -0.15) is 0 Å². The number of rotatable bonds is 8. The fourth-order valence-corrected chi connectivity index (χ4v) is 4.43. The van der Waals surface area contributed by atoms with Crippen LogP contribution < -0.4 is 10.1 Å². The van der Waals surface area contributed by atoms with Crippen LogP contribution in [0.5, 0.6) is 11.5 Å². The number of amides is 1. The van der Waals surface area contributed by atoms with Crippen LogP contribution >= 0.6 is 11.8 Å². The molecule has 1 amide bonds. The second-order valence-corrected chi connectivity index (χ2v) is 8.50. The molecule has 6 nitrogen and oxygen atoms in total. The average molecular weight is 438 g/mol. The Hall–Kier alpha value is -2.77. The molecule has 3 aromatic rings. The zero-order chi connectivity index (χ0) is 21.6. The molecule has 2 aromatic carbocycles. The largest absolute Gasteiger partial charge is 0.455 e. The van der Waals surface area contributed by atoms with Crippen molar-refractivity contribution in [1.29, 1.82) is 0 Å². The van der Waals surface area contributed by atoms with E-state index in [1.807, 2.05) is 61.5 Å². The van der Waals surface area contributed by atoms with Crippen LogP contribution in [0.25, 0.3) is 0 Å². The molecule has 1 aromatic heterocycles. The van der Waals surface area contributed by atoms with Gasteiger partial charge in [-0.1, -0.05) is 42.1 Å². The number of nitrogens with zero attached hydrogens (tertiary/aromatic N) is 2. The summed E-state index contributed by atoms with van der Waals surface area (Å²) >= 11 is 1.45. The number of ether oxygens (including phenoxy) is 2. The third-order valence-electron chi connectivity index (χ3n) is 5.30. The lowest BCUT2D eigenvalue weighted by Crippen LogP contribution is -2.18. The SMILES string of the molecule is Cc1nc(SCC(=O)Nc2ccccc2Oc2ccccc2)n(CC2CCCO2)c1C.